The Morgan fingerprint density at radius 3 is 3.08 bits per heavy atom. The summed E-state index contributed by atoms with van der Waals surface area (Å²) < 4.78 is 0. The number of hydrogen-bond acceptors (Lipinski definition) is 4. The molecule has 0 aromatic carbocycles. The number of aromatic nitrogens is 3. The maximum atomic E-state index is 4.40. The average molecular weight is 337 g/mol. The zero-order chi connectivity index (χ0) is 17.3. The molecule has 5 nitrogen and oxygen atoms in total. The third-order valence-corrected chi connectivity index (χ3v) is 6.00. The van der Waals surface area contributed by atoms with Crippen LogP contribution in [0.1, 0.15) is 33.1 Å². The van der Waals surface area contributed by atoms with Crippen LogP contribution >= 0.6 is 0 Å². The molecular formula is C20H27N5. The van der Waals surface area contributed by atoms with Crippen LogP contribution in [0.2, 0.25) is 0 Å². The largest absolute Gasteiger partial charge is 0.369 e. The Kier molecular flexibility index (Phi) is 4.34. The summed E-state index contributed by atoms with van der Waals surface area (Å²) in [5.41, 5.74) is 2.62. The molecule has 2 aliphatic rings. The van der Waals surface area contributed by atoms with E-state index in [9.17, 15) is 0 Å². The first-order chi connectivity index (χ1) is 12.2. The van der Waals surface area contributed by atoms with Crippen molar-refractivity contribution in [3.05, 3.63) is 42.4 Å². The second-order valence-corrected chi connectivity index (χ2v) is 7.54. The number of aromatic amines is 1. The van der Waals surface area contributed by atoms with Gasteiger partial charge in [0.2, 0.25) is 0 Å². The molecule has 2 aromatic rings. The lowest BCUT2D eigenvalue weighted by Gasteiger charge is -2.56. The molecule has 3 heterocycles. The van der Waals surface area contributed by atoms with Crippen molar-refractivity contribution < 1.29 is 0 Å². The fraction of sp³-hybridized carbons (Fsp3) is 0.500. The van der Waals surface area contributed by atoms with E-state index in [1.54, 1.807) is 6.33 Å². The third-order valence-electron chi connectivity index (χ3n) is 6.00. The van der Waals surface area contributed by atoms with E-state index in [0.29, 0.717) is 0 Å². The Bertz CT molecular complexity index is 805. The van der Waals surface area contributed by atoms with Crippen LogP contribution in [0.25, 0.3) is 11.0 Å². The SMILES string of the molecule is C[C@H]1CN(CC2=CCCC=C2)[C@]1(C)CCNc1ncnc2[nH]ccc12. The van der Waals surface area contributed by atoms with Gasteiger partial charge in [-0.25, -0.2) is 9.97 Å². The minimum Gasteiger partial charge on any atom is -0.369 e. The lowest BCUT2D eigenvalue weighted by molar-refractivity contribution is -0.0559. The number of likely N-dealkylation sites (tertiary alicyclic amines) is 1. The molecule has 0 amide bonds. The fourth-order valence-electron chi connectivity index (χ4n) is 4.04. The zero-order valence-electron chi connectivity index (χ0n) is 15.1. The summed E-state index contributed by atoms with van der Waals surface area (Å²) in [5, 5.41) is 4.58. The normalized spacial score (nSPS) is 26.5. The molecule has 25 heavy (non-hydrogen) atoms. The van der Waals surface area contributed by atoms with Gasteiger partial charge in [0.15, 0.2) is 0 Å². The minimum atomic E-state index is 0.253. The maximum absolute atomic E-state index is 4.40. The van der Waals surface area contributed by atoms with Crippen molar-refractivity contribution in [1.82, 2.24) is 19.9 Å². The van der Waals surface area contributed by atoms with Gasteiger partial charge in [-0.2, -0.15) is 0 Å². The van der Waals surface area contributed by atoms with Crippen molar-refractivity contribution in [3.8, 4) is 0 Å². The molecule has 2 N–H and O–H groups in total. The molecule has 0 spiro atoms. The summed E-state index contributed by atoms with van der Waals surface area (Å²) >= 11 is 0. The van der Waals surface area contributed by atoms with Crippen LogP contribution in [-0.2, 0) is 0 Å². The summed E-state index contributed by atoms with van der Waals surface area (Å²) in [6, 6.07) is 2.03. The predicted octanol–water partition coefficient (Wildman–Crippen LogP) is 3.75. The topological polar surface area (TPSA) is 56.8 Å². The second kappa shape index (κ2) is 6.64. The first-order valence-corrected chi connectivity index (χ1v) is 9.29. The van der Waals surface area contributed by atoms with E-state index in [-0.39, 0.29) is 5.54 Å². The Labute approximate surface area is 149 Å². The van der Waals surface area contributed by atoms with E-state index < -0.39 is 0 Å². The highest BCUT2D eigenvalue weighted by molar-refractivity contribution is 5.86. The molecule has 0 saturated carbocycles. The molecule has 4 rings (SSSR count). The van der Waals surface area contributed by atoms with Gasteiger partial charge in [0.25, 0.3) is 0 Å². The van der Waals surface area contributed by atoms with Crippen LogP contribution in [0.4, 0.5) is 5.82 Å². The first-order valence-electron chi connectivity index (χ1n) is 9.29. The summed E-state index contributed by atoms with van der Waals surface area (Å²) in [5.74, 6) is 1.64. The van der Waals surface area contributed by atoms with Gasteiger partial charge >= 0.3 is 0 Å². The van der Waals surface area contributed by atoms with E-state index in [2.05, 4.69) is 57.2 Å². The molecule has 132 valence electrons. The number of nitrogens with zero attached hydrogens (tertiary/aromatic N) is 3. The van der Waals surface area contributed by atoms with Crippen LogP contribution in [0.5, 0.6) is 0 Å². The average Bonchev–Trinajstić information content (AvgIpc) is 3.12. The van der Waals surface area contributed by atoms with Crippen LogP contribution in [0.3, 0.4) is 0 Å². The van der Waals surface area contributed by atoms with Gasteiger partial charge in [0, 0.05) is 31.4 Å². The van der Waals surface area contributed by atoms with Crippen LogP contribution < -0.4 is 5.32 Å². The van der Waals surface area contributed by atoms with Gasteiger partial charge in [-0.1, -0.05) is 25.2 Å². The van der Waals surface area contributed by atoms with Gasteiger partial charge in [0.1, 0.15) is 17.8 Å². The summed E-state index contributed by atoms with van der Waals surface area (Å²) in [6.45, 7) is 7.96. The monoisotopic (exact) mass is 337 g/mol. The summed E-state index contributed by atoms with van der Waals surface area (Å²) in [6.07, 6.45) is 14.0. The lowest BCUT2D eigenvalue weighted by Crippen LogP contribution is -2.65. The molecule has 0 bridgehead atoms. The quantitative estimate of drug-likeness (QED) is 0.843. The van der Waals surface area contributed by atoms with Crippen LogP contribution in [0.15, 0.2) is 42.4 Å². The number of fused-ring (bicyclic) bond motifs is 1. The molecule has 1 saturated heterocycles. The smallest absolute Gasteiger partial charge is 0.142 e. The number of anilines is 1. The summed E-state index contributed by atoms with van der Waals surface area (Å²) in [4.78, 5) is 14.4. The van der Waals surface area contributed by atoms with Crippen LogP contribution in [0, 0.1) is 5.92 Å². The van der Waals surface area contributed by atoms with Crippen molar-refractivity contribution in [2.45, 2.75) is 38.6 Å². The van der Waals surface area contributed by atoms with Gasteiger partial charge < -0.3 is 10.3 Å². The fourth-order valence-corrected chi connectivity index (χ4v) is 4.04. The van der Waals surface area contributed by atoms with Gasteiger partial charge in [0.05, 0.1) is 5.39 Å². The standard InChI is InChI=1S/C20H27N5/c1-15-12-25(13-16-6-4-3-5-7-16)20(15,2)9-11-22-19-17-8-10-21-18(17)23-14-24-19/h4,6-8,10,14-15H,3,5,9,11-13H2,1-2H3,(H2,21,22,23,24)/t15-,20+/m0/s1. The molecule has 1 aliphatic heterocycles. The number of H-pyrrole nitrogens is 1. The molecule has 5 heteroatoms. The Balaban J connectivity index is 1.38. The molecule has 0 radical (unpaired) electrons. The molecule has 1 aliphatic carbocycles. The van der Waals surface area contributed by atoms with Crippen molar-refractivity contribution in [2.75, 3.05) is 25.0 Å². The molecule has 0 unspecified atom stereocenters. The van der Waals surface area contributed by atoms with E-state index in [4.69, 9.17) is 0 Å². The molecule has 1 fully saturated rings. The second-order valence-electron chi connectivity index (χ2n) is 7.54. The Morgan fingerprint density at radius 1 is 1.36 bits per heavy atom. The first kappa shape index (κ1) is 16.3. The van der Waals surface area contributed by atoms with Gasteiger partial charge in [-0.05, 0) is 43.7 Å². The zero-order valence-corrected chi connectivity index (χ0v) is 15.1. The van der Waals surface area contributed by atoms with Crippen molar-refractivity contribution >= 4 is 16.9 Å². The third kappa shape index (κ3) is 3.09. The van der Waals surface area contributed by atoms with E-state index in [1.807, 2.05) is 12.3 Å². The van der Waals surface area contributed by atoms with Crippen molar-refractivity contribution in [1.29, 1.82) is 0 Å². The Hall–Kier alpha value is -2.14. The minimum absolute atomic E-state index is 0.253. The van der Waals surface area contributed by atoms with Gasteiger partial charge in [-0.15, -0.1) is 0 Å². The number of hydrogen-bond donors (Lipinski definition) is 2. The maximum Gasteiger partial charge on any atom is 0.142 e. The predicted molar refractivity (Wildman–Crippen MR) is 103 cm³/mol. The van der Waals surface area contributed by atoms with Crippen molar-refractivity contribution in [2.24, 2.45) is 5.92 Å². The van der Waals surface area contributed by atoms with Crippen molar-refractivity contribution in [3.63, 3.8) is 0 Å². The van der Waals surface area contributed by atoms with E-state index in [1.165, 1.54) is 25.0 Å². The Morgan fingerprint density at radius 2 is 2.28 bits per heavy atom. The van der Waals surface area contributed by atoms with E-state index >= 15 is 0 Å². The van der Waals surface area contributed by atoms with Crippen LogP contribution in [-0.4, -0.2) is 45.0 Å². The highest BCUT2D eigenvalue weighted by Gasteiger charge is 2.46. The lowest BCUT2D eigenvalue weighted by atomic mass is 9.73. The molecular weight excluding hydrogens is 310 g/mol. The number of rotatable bonds is 6. The summed E-state index contributed by atoms with van der Waals surface area (Å²) in [7, 11) is 0. The molecule has 2 aromatic heterocycles. The number of allylic oxidation sites excluding steroid dienone is 2. The van der Waals surface area contributed by atoms with Gasteiger partial charge in [-0.3, -0.25) is 4.90 Å². The molecule has 2 atom stereocenters. The highest BCUT2D eigenvalue weighted by Crippen LogP contribution is 2.39. The van der Waals surface area contributed by atoms with E-state index in [0.717, 1.165) is 42.3 Å². The number of nitrogens with one attached hydrogen (secondary N) is 2. The highest BCUT2D eigenvalue weighted by atomic mass is 15.3.